The Morgan fingerprint density at radius 1 is 1.18 bits per heavy atom. The maximum absolute atomic E-state index is 5.74. The van der Waals surface area contributed by atoms with Gasteiger partial charge in [0.05, 0.1) is 6.61 Å². The van der Waals surface area contributed by atoms with E-state index in [0.29, 0.717) is 11.5 Å². The Kier molecular flexibility index (Phi) is 8.83. The third-order valence-electron chi connectivity index (χ3n) is 3.41. The SMILES string of the molecule is COCCN(CCCCC(C)(C)CN)C(C)C. The predicted octanol–water partition coefficient (Wildman–Crippen LogP) is 2.50. The summed E-state index contributed by atoms with van der Waals surface area (Å²) in [5.41, 5.74) is 6.04. The van der Waals surface area contributed by atoms with Crippen molar-refractivity contribution >= 4 is 0 Å². The fraction of sp³-hybridized carbons (Fsp3) is 1.00. The molecule has 0 aliphatic rings. The molecule has 0 amide bonds. The number of hydrogen-bond donors (Lipinski definition) is 1. The molecule has 0 unspecified atom stereocenters. The quantitative estimate of drug-likeness (QED) is 0.600. The summed E-state index contributed by atoms with van der Waals surface area (Å²) in [6.45, 7) is 12.8. The van der Waals surface area contributed by atoms with Gasteiger partial charge >= 0.3 is 0 Å². The first-order valence-corrected chi connectivity index (χ1v) is 6.86. The number of rotatable bonds is 10. The normalized spacial score (nSPS) is 12.7. The van der Waals surface area contributed by atoms with Crippen LogP contribution < -0.4 is 5.73 Å². The van der Waals surface area contributed by atoms with Crippen molar-refractivity contribution in [1.82, 2.24) is 4.90 Å². The molecule has 0 saturated heterocycles. The highest BCUT2D eigenvalue weighted by molar-refractivity contribution is 4.70. The van der Waals surface area contributed by atoms with Gasteiger partial charge in [0.15, 0.2) is 0 Å². The van der Waals surface area contributed by atoms with E-state index in [4.69, 9.17) is 10.5 Å². The minimum Gasteiger partial charge on any atom is -0.383 e. The van der Waals surface area contributed by atoms with E-state index in [1.165, 1.54) is 25.8 Å². The van der Waals surface area contributed by atoms with Crippen molar-refractivity contribution in [3.05, 3.63) is 0 Å². The molecule has 0 bridgehead atoms. The summed E-state index contributed by atoms with van der Waals surface area (Å²) < 4.78 is 5.14. The summed E-state index contributed by atoms with van der Waals surface area (Å²) in [6, 6.07) is 0.604. The second kappa shape index (κ2) is 8.90. The summed E-state index contributed by atoms with van der Waals surface area (Å²) in [6.07, 6.45) is 3.74. The average molecular weight is 244 g/mol. The van der Waals surface area contributed by atoms with Gasteiger partial charge in [-0.1, -0.05) is 20.3 Å². The van der Waals surface area contributed by atoms with Crippen molar-refractivity contribution < 1.29 is 4.74 Å². The number of ether oxygens (including phenoxy) is 1. The number of unbranched alkanes of at least 4 members (excludes halogenated alkanes) is 1. The molecule has 0 fully saturated rings. The molecule has 0 aromatic heterocycles. The molecule has 2 N–H and O–H groups in total. The van der Waals surface area contributed by atoms with Crippen molar-refractivity contribution in [2.75, 3.05) is 33.4 Å². The lowest BCUT2D eigenvalue weighted by Gasteiger charge is -2.27. The monoisotopic (exact) mass is 244 g/mol. The highest BCUT2D eigenvalue weighted by atomic mass is 16.5. The molecule has 0 radical (unpaired) electrons. The third kappa shape index (κ3) is 8.58. The van der Waals surface area contributed by atoms with Crippen LogP contribution in [-0.4, -0.2) is 44.3 Å². The van der Waals surface area contributed by atoms with Crippen LogP contribution in [0.25, 0.3) is 0 Å². The van der Waals surface area contributed by atoms with Gasteiger partial charge in [-0.15, -0.1) is 0 Å². The van der Waals surface area contributed by atoms with Gasteiger partial charge in [0.1, 0.15) is 0 Å². The fourth-order valence-electron chi connectivity index (χ4n) is 1.86. The Balaban J connectivity index is 3.75. The summed E-state index contributed by atoms with van der Waals surface area (Å²) in [4.78, 5) is 2.49. The van der Waals surface area contributed by atoms with Gasteiger partial charge in [0, 0.05) is 19.7 Å². The molecule has 0 heterocycles. The molecular formula is C14H32N2O. The maximum atomic E-state index is 5.74. The minimum absolute atomic E-state index is 0.301. The van der Waals surface area contributed by atoms with E-state index in [9.17, 15) is 0 Å². The van der Waals surface area contributed by atoms with Gasteiger partial charge < -0.3 is 10.5 Å². The first-order valence-electron chi connectivity index (χ1n) is 6.86. The van der Waals surface area contributed by atoms with E-state index in [1.54, 1.807) is 7.11 Å². The number of nitrogens with two attached hydrogens (primary N) is 1. The topological polar surface area (TPSA) is 38.5 Å². The summed E-state index contributed by atoms with van der Waals surface area (Å²) in [5, 5.41) is 0. The molecule has 0 aromatic carbocycles. The number of hydrogen-bond acceptors (Lipinski definition) is 3. The van der Waals surface area contributed by atoms with E-state index in [2.05, 4.69) is 32.6 Å². The number of nitrogens with zero attached hydrogens (tertiary/aromatic N) is 1. The molecule has 17 heavy (non-hydrogen) atoms. The van der Waals surface area contributed by atoms with Gasteiger partial charge in [-0.05, 0) is 45.2 Å². The Bertz CT molecular complexity index is 181. The highest BCUT2D eigenvalue weighted by Crippen LogP contribution is 2.21. The van der Waals surface area contributed by atoms with Gasteiger partial charge in [-0.25, -0.2) is 0 Å². The molecule has 104 valence electrons. The van der Waals surface area contributed by atoms with Crippen LogP contribution in [-0.2, 0) is 4.74 Å². The van der Waals surface area contributed by atoms with E-state index < -0.39 is 0 Å². The average Bonchev–Trinajstić information content (AvgIpc) is 2.27. The zero-order valence-electron chi connectivity index (χ0n) is 12.5. The van der Waals surface area contributed by atoms with E-state index in [-0.39, 0.29) is 0 Å². The van der Waals surface area contributed by atoms with Crippen LogP contribution in [0.2, 0.25) is 0 Å². The first-order chi connectivity index (χ1) is 7.93. The largest absolute Gasteiger partial charge is 0.383 e. The van der Waals surface area contributed by atoms with Crippen LogP contribution in [0.1, 0.15) is 47.0 Å². The van der Waals surface area contributed by atoms with Crippen LogP contribution in [0.4, 0.5) is 0 Å². The van der Waals surface area contributed by atoms with E-state index in [1.807, 2.05) is 0 Å². The summed E-state index contributed by atoms with van der Waals surface area (Å²) in [7, 11) is 1.77. The van der Waals surface area contributed by atoms with Crippen LogP contribution in [0.3, 0.4) is 0 Å². The molecule has 0 atom stereocenters. The molecular weight excluding hydrogens is 212 g/mol. The molecule has 0 rings (SSSR count). The van der Waals surface area contributed by atoms with Crippen molar-refractivity contribution in [3.63, 3.8) is 0 Å². The van der Waals surface area contributed by atoms with Crippen molar-refractivity contribution in [2.24, 2.45) is 11.1 Å². The fourth-order valence-corrected chi connectivity index (χ4v) is 1.86. The Hall–Kier alpha value is -0.120. The maximum Gasteiger partial charge on any atom is 0.0589 e. The Labute approximate surface area is 108 Å². The number of methoxy groups -OCH3 is 1. The lowest BCUT2D eigenvalue weighted by atomic mass is 9.87. The molecule has 0 saturated carbocycles. The molecule has 0 aromatic rings. The van der Waals surface area contributed by atoms with Crippen molar-refractivity contribution in [3.8, 4) is 0 Å². The second-order valence-electron chi connectivity index (χ2n) is 5.95. The molecule has 0 aliphatic heterocycles. The van der Waals surface area contributed by atoms with Gasteiger partial charge in [-0.3, -0.25) is 4.90 Å². The van der Waals surface area contributed by atoms with Gasteiger partial charge in [0.25, 0.3) is 0 Å². The van der Waals surface area contributed by atoms with Crippen LogP contribution in [0.5, 0.6) is 0 Å². The summed E-state index contributed by atoms with van der Waals surface area (Å²) in [5.74, 6) is 0. The zero-order chi connectivity index (χ0) is 13.3. The smallest absolute Gasteiger partial charge is 0.0589 e. The molecule has 0 spiro atoms. The predicted molar refractivity (Wildman–Crippen MR) is 75.3 cm³/mol. The molecule has 3 heteroatoms. The van der Waals surface area contributed by atoms with E-state index in [0.717, 1.165) is 19.7 Å². The lowest BCUT2D eigenvalue weighted by molar-refractivity contribution is 0.127. The Morgan fingerprint density at radius 2 is 1.82 bits per heavy atom. The van der Waals surface area contributed by atoms with Crippen molar-refractivity contribution in [2.45, 2.75) is 53.0 Å². The van der Waals surface area contributed by atoms with Crippen LogP contribution in [0.15, 0.2) is 0 Å². The van der Waals surface area contributed by atoms with Gasteiger partial charge in [-0.2, -0.15) is 0 Å². The Morgan fingerprint density at radius 3 is 2.29 bits per heavy atom. The minimum atomic E-state index is 0.301. The first kappa shape index (κ1) is 16.9. The summed E-state index contributed by atoms with van der Waals surface area (Å²) >= 11 is 0. The highest BCUT2D eigenvalue weighted by Gasteiger charge is 2.15. The van der Waals surface area contributed by atoms with Crippen LogP contribution >= 0.6 is 0 Å². The molecule has 3 nitrogen and oxygen atoms in total. The van der Waals surface area contributed by atoms with Gasteiger partial charge in [0.2, 0.25) is 0 Å². The van der Waals surface area contributed by atoms with Crippen LogP contribution in [0, 0.1) is 5.41 Å². The third-order valence-corrected chi connectivity index (χ3v) is 3.41. The van der Waals surface area contributed by atoms with E-state index >= 15 is 0 Å². The standard InChI is InChI=1S/C14H32N2O/c1-13(2)16(10-11-17-5)9-7-6-8-14(3,4)12-15/h13H,6-12,15H2,1-5H3. The molecule has 0 aliphatic carbocycles. The lowest BCUT2D eigenvalue weighted by Crippen LogP contribution is -2.34. The zero-order valence-corrected chi connectivity index (χ0v) is 12.5. The second-order valence-corrected chi connectivity index (χ2v) is 5.95. The van der Waals surface area contributed by atoms with Crippen molar-refractivity contribution in [1.29, 1.82) is 0 Å².